The summed E-state index contributed by atoms with van der Waals surface area (Å²) in [6.07, 6.45) is 5.15. The summed E-state index contributed by atoms with van der Waals surface area (Å²) >= 11 is 1.39. The number of likely N-dealkylation sites (N-methyl/N-ethyl adjacent to an activating group) is 1. The lowest BCUT2D eigenvalue weighted by Gasteiger charge is -2.32. The SMILES string of the molecule is C=Nc1cc(-c2ccc(CN(C)CCOC)cn2)sc1/C(=C\C)Oc1ccc(NC(=O)C2=C(OCC)C=CN(c3ccc(F)cc3)C2O)cc1F. The number of nitrogens with one attached hydrogen (secondary N) is 1. The van der Waals surface area contributed by atoms with Gasteiger partial charge in [-0.3, -0.25) is 19.7 Å². The number of aromatic nitrogens is 1. The molecule has 0 radical (unpaired) electrons. The van der Waals surface area contributed by atoms with Crippen LogP contribution in [0.4, 0.5) is 25.8 Å². The van der Waals surface area contributed by atoms with E-state index < -0.39 is 23.8 Å². The summed E-state index contributed by atoms with van der Waals surface area (Å²) in [6, 6.07) is 15.3. The van der Waals surface area contributed by atoms with Gasteiger partial charge in [0.05, 0.1) is 34.3 Å². The molecule has 0 spiro atoms. The fourth-order valence-electron chi connectivity index (χ4n) is 5.25. The van der Waals surface area contributed by atoms with E-state index in [2.05, 4.69) is 26.9 Å². The van der Waals surface area contributed by atoms with Gasteiger partial charge in [-0.2, -0.15) is 0 Å². The molecule has 2 aromatic carbocycles. The Balaban J connectivity index is 1.30. The molecule has 0 aliphatic carbocycles. The Bertz CT molecular complexity index is 1940. The van der Waals surface area contributed by atoms with Gasteiger partial charge < -0.3 is 29.5 Å². The number of methoxy groups -OCH3 is 1. The van der Waals surface area contributed by atoms with Crippen LogP contribution < -0.4 is 15.0 Å². The van der Waals surface area contributed by atoms with Crippen LogP contribution in [0.15, 0.2) is 102 Å². The maximum atomic E-state index is 15.5. The van der Waals surface area contributed by atoms with E-state index in [1.54, 1.807) is 27.0 Å². The van der Waals surface area contributed by atoms with Crippen molar-refractivity contribution in [3.05, 3.63) is 119 Å². The van der Waals surface area contributed by atoms with Crippen molar-refractivity contribution in [2.75, 3.05) is 44.1 Å². The number of carbonyl (C=O) groups excluding carboxylic acids is 1. The predicted octanol–water partition coefficient (Wildman–Crippen LogP) is 7.52. The number of benzene rings is 2. The van der Waals surface area contributed by atoms with Crippen LogP contribution in [0.25, 0.3) is 16.3 Å². The first-order valence-corrected chi connectivity index (χ1v) is 16.9. The first-order chi connectivity index (χ1) is 24.6. The van der Waals surface area contributed by atoms with Crippen LogP contribution in [0.2, 0.25) is 0 Å². The van der Waals surface area contributed by atoms with Gasteiger partial charge in [0, 0.05) is 50.0 Å². The van der Waals surface area contributed by atoms with Crippen LogP contribution in [0.3, 0.4) is 0 Å². The zero-order valence-corrected chi connectivity index (χ0v) is 29.5. The number of hydrogen-bond donors (Lipinski definition) is 2. The number of rotatable bonds is 15. The number of anilines is 2. The minimum Gasteiger partial charge on any atom is -0.493 e. The van der Waals surface area contributed by atoms with E-state index in [0.717, 1.165) is 35.3 Å². The third kappa shape index (κ3) is 8.94. The molecule has 0 bridgehead atoms. The highest BCUT2D eigenvalue weighted by atomic mass is 32.1. The lowest BCUT2D eigenvalue weighted by atomic mass is 10.1. The van der Waals surface area contributed by atoms with Gasteiger partial charge in [0.2, 0.25) is 0 Å². The number of hydrogen-bond acceptors (Lipinski definition) is 10. The Hall–Kier alpha value is -5.21. The second-order valence-corrected chi connectivity index (χ2v) is 12.5. The average Bonchev–Trinajstić information content (AvgIpc) is 3.56. The summed E-state index contributed by atoms with van der Waals surface area (Å²) in [4.78, 5) is 27.3. The molecule has 1 aliphatic rings. The standard InChI is InChI=1S/C38H39F2N5O5S/c1-6-31(36-30(41-3)21-34(51-36)29-14-8-24(22-42-29)23-44(4)18-19-48-5)50-32-15-11-26(20-28(32)40)43-37(46)35-33(49-7-2)16-17-45(38(35)47)27-12-9-25(39)10-13-27/h6,8-17,20-22,38,47H,3,7,18-19,23H2,1-2,4-5H3,(H,43,46)/b31-6+. The summed E-state index contributed by atoms with van der Waals surface area (Å²) < 4.78 is 45.8. The maximum Gasteiger partial charge on any atom is 0.259 e. The highest BCUT2D eigenvalue weighted by molar-refractivity contribution is 7.17. The van der Waals surface area contributed by atoms with Crippen LogP contribution in [0.5, 0.6) is 5.75 Å². The quantitative estimate of drug-likeness (QED) is 0.0962. The third-order valence-corrected chi connectivity index (χ3v) is 8.99. The molecule has 13 heteroatoms. The molecule has 1 aliphatic heterocycles. The number of amides is 1. The normalized spacial score (nSPS) is 14.6. The fraction of sp³-hybridized carbons (Fsp3) is 0.237. The number of carbonyl (C=O) groups is 1. The van der Waals surface area contributed by atoms with E-state index in [9.17, 15) is 14.3 Å². The lowest BCUT2D eigenvalue weighted by molar-refractivity contribution is -0.114. The van der Waals surface area contributed by atoms with Crippen molar-refractivity contribution in [2.24, 2.45) is 4.99 Å². The van der Waals surface area contributed by atoms with Crippen molar-refractivity contribution in [1.29, 1.82) is 0 Å². The Morgan fingerprint density at radius 1 is 1.18 bits per heavy atom. The number of pyridine rings is 1. The third-order valence-electron chi connectivity index (χ3n) is 7.83. The molecule has 1 amide bonds. The van der Waals surface area contributed by atoms with Crippen molar-refractivity contribution < 1.29 is 32.9 Å². The molecule has 2 N–H and O–H groups in total. The topological polar surface area (TPSA) is 109 Å². The van der Waals surface area contributed by atoms with Crippen molar-refractivity contribution >= 4 is 46.8 Å². The van der Waals surface area contributed by atoms with Crippen molar-refractivity contribution in [3.63, 3.8) is 0 Å². The van der Waals surface area contributed by atoms with E-state index in [0.29, 0.717) is 28.6 Å². The minimum atomic E-state index is -1.46. The maximum absolute atomic E-state index is 15.5. The second-order valence-electron chi connectivity index (χ2n) is 11.4. The molecule has 3 heterocycles. The van der Waals surface area contributed by atoms with Gasteiger partial charge >= 0.3 is 0 Å². The molecule has 1 unspecified atom stereocenters. The first-order valence-electron chi connectivity index (χ1n) is 16.1. The van der Waals surface area contributed by atoms with Gasteiger partial charge in [0.1, 0.15) is 22.9 Å². The largest absolute Gasteiger partial charge is 0.493 e. The predicted molar refractivity (Wildman–Crippen MR) is 197 cm³/mol. The van der Waals surface area contributed by atoms with E-state index in [-0.39, 0.29) is 29.4 Å². The number of halogens is 2. The van der Waals surface area contributed by atoms with Crippen LogP contribution >= 0.6 is 11.3 Å². The molecule has 0 saturated heterocycles. The zero-order chi connectivity index (χ0) is 36.5. The van der Waals surface area contributed by atoms with Crippen LogP contribution in [0, 0.1) is 11.6 Å². The number of aliphatic hydroxyl groups excluding tert-OH is 1. The molecular formula is C38H39F2N5O5S. The van der Waals surface area contributed by atoms with Crippen LogP contribution in [0.1, 0.15) is 24.3 Å². The van der Waals surface area contributed by atoms with Gasteiger partial charge in [0.15, 0.2) is 17.8 Å². The van der Waals surface area contributed by atoms with Crippen LogP contribution in [-0.4, -0.2) is 67.8 Å². The Morgan fingerprint density at radius 2 is 1.96 bits per heavy atom. The van der Waals surface area contributed by atoms with Gasteiger partial charge in [-0.1, -0.05) is 6.07 Å². The molecule has 0 fully saturated rings. The molecule has 266 valence electrons. The molecular weight excluding hydrogens is 677 g/mol. The average molecular weight is 716 g/mol. The summed E-state index contributed by atoms with van der Waals surface area (Å²) in [5.74, 6) is -1.45. The molecule has 5 rings (SSSR count). The Labute approximate surface area is 299 Å². The number of allylic oxidation sites excluding steroid dienone is 2. The van der Waals surface area contributed by atoms with E-state index in [1.807, 2.05) is 31.4 Å². The van der Waals surface area contributed by atoms with E-state index >= 15 is 4.39 Å². The summed E-state index contributed by atoms with van der Waals surface area (Å²) in [5, 5.41) is 13.8. The molecule has 1 atom stereocenters. The molecule has 10 nitrogen and oxygen atoms in total. The molecule has 0 saturated carbocycles. The van der Waals surface area contributed by atoms with E-state index in [4.69, 9.17) is 14.2 Å². The monoisotopic (exact) mass is 715 g/mol. The second kappa shape index (κ2) is 17.1. The summed E-state index contributed by atoms with van der Waals surface area (Å²) in [6.45, 7) is 9.64. The first kappa shape index (κ1) is 37.1. The van der Waals surface area contributed by atoms with Crippen molar-refractivity contribution in [2.45, 2.75) is 26.6 Å². The number of thiophene rings is 1. The van der Waals surface area contributed by atoms with Crippen molar-refractivity contribution in [3.8, 4) is 16.3 Å². The number of aliphatic hydroxyl groups is 1. The van der Waals surface area contributed by atoms with E-state index in [1.165, 1.54) is 64.9 Å². The van der Waals surface area contributed by atoms with Gasteiger partial charge in [0.25, 0.3) is 5.91 Å². The highest BCUT2D eigenvalue weighted by Gasteiger charge is 2.32. The Kier molecular flexibility index (Phi) is 12.5. The summed E-state index contributed by atoms with van der Waals surface area (Å²) in [5.41, 5.74) is 2.85. The highest BCUT2D eigenvalue weighted by Crippen LogP contribution is 2.41. The lowest BCUT2D eigenvalue weighted by Crippen LogP contribution is -2.40. The number of aliphatic imine (C=N–C) groups is 1. The zero-order valence-electron chi connectivity index (χ0n) is 28.7. The van der Waals surface area contributed by atoms with Gasteiger partial charge in [-0.25, -0.2) is 8.78 Å². The smallest absolute Gasteiger partial charge is 0.259 e. The number of nitrogens with zero attached hydrogens (tertiary/aromatic N) is 4. The summed E-state index contributed by atoms with van der Waals surface area (Å²) in [7, 11) is 3.70. The van der Waals surface area contributed by atoms with Gasteiger partial charge in [-0.05, 0) is 93.9 Å². The van der Waals surface area contributed by atoms with Gasteiger partial charge in [-0.15, -0.1) is 11.3 Å². The molecule has 51 heavy (non-hydrogen) atoms. The van der Waals surface area contributed by atoms with Crippen LogP contribution in [-0.2, 0) is 20.8 Å². The molecule has 2 aromatic heterocycles. The minimum absolute atomic E-state index is 0.0801. The Morgan fingerprint density at radius 3 is 2.61 bits per heavy atom. The fourth-order valence-corrected chi connectivity index (χ4v) is 6.36. The molecule has 4 aromatic rings. The van der Waals surface area contributed by atoms with Crippen molar-refractivity contribution in [1.82, 2.24) is 9.88 Å². The number of ether oxygens (including phenoxy) is 3.